The van der Waals surface area contributed by atoms with Gasteiger partial charge in [-0.15, -0.1) is 24.3 Å². The molecule has 1 aromatic rings. The first-order valence-electron chi connectivity index (χ1n) is 6.35. The zero-order valence-electron chi connectivity index (χ0n) is 11.7. The Morgan fingerprint density at radius 3 is 2.76 bits per heavy atom. The van der Waals surface area contributed by atoms with E-state index in [-0.39, 0.29) is 25.5 Å². The number of nitrogens with zero attached hydrogens (tertiary/aromatic N) is 2. The summed E-state index contributed by atoms with van der Waals surface area (Å²) in [5.74, 6) is 1.19. The highest BCUT2D eigenvalue weighted by Crippen LogP contribution is 2.12. The van der Waals surface area contributed by atoms with Crippen LogP contribution in [0, 0.1) is 12.3 Å². The molecule has 0 aromatic carbocycles. The first-order valence-corrected chi connectivity index (χ1v) is 7.23. The largest absolute Gasteiger partial charge is 0.480 e. The van der Waals surface area contributed by atoms with Gasteiger partial charge >= 0.3 is 5.97 Å². The topological polar surface area (TPSA) is 60.9 Å². The highest BCUT2D eigenvalue weighted by molar-refractivity contribution is 7.09. The van der Waals surface area contributed by atoms with E-state index in [0.29, 0.717) is 13.1 Å². The predicted octanol–water partition coefficient (Wildman–Crippen LogP) is 1.28. The number of carboxylic acids is 1. The second-order valence-corrected chi connectivity index (χ2v) is 5.42. The third-order valence-electron chi connectivity index (χ3n) is 2.66. The van der Waals surface area contributed by atoms with Crippen LogP contribution < -0.4 is 0 Å². The molecule has 0 bridgehead atoms. The van der Waals surface area contributed by atoms with Crippen LogP contribution in [0.4, 0.5) is 0 Å². The lowest BCUT2D eigenvalue weighted by Crippen LogP contribution is -2.42. The van der Waals surface area contributed by atoms with Crippen LogP contribution in [0.2, 0.25) is 0 Å². The van der Waals surface area contributed by atoms with Gasteiger partial charge in [0.1, 0.15) is 0 Å². The molecule has 0 aliphatic carbocycles. The fourth-order valence-electron chi connectivity index (χ4n) is 1.78. The van der Waals surface area contributed by atoms with E-state index in [4.69, 9.17) is 11.5 Å². The molecule has 1 amide bonds. The third-order valence-corrected chi connectivity index (χ3v) is 3.52. The molecular weight excluding hydrogens is 288 g/mol. The highest BCUT2D eigenvalue weighted by atomic mass is 32.1. The number of carboxylic acid groups (broad SMARTS) is 1. The zero-order valence-corrected chi connectivity index (χ0v) is 12.5. The molecular formula is C15H18N2O3S. The van der Waals surface area contributed by atoms with Crippen LogP contribution in [-0.4, -0.2) is 53.0 Å². The van der Waals surface area contributed by atoms with Crippen molar-refractivity contribution in [3.8, 4) is 12.3 Å². The van der Waals surface area contributed by atoms with Gasteiger partial charge in [0.05, 0.1) is 26.2 Å². The number of carbonyl (C=O) groups excluding carboxylic acids is 1. The van der Waals surface area contributed by atoms with Gasteiger partial charge < -0.3 is 10.0 Å². The minimum absolute atomic E-state index is 0.0181. The summed E-state index contributed by atoms with van der Waals surface area (Å²) in [6, 6.07) is 3.87. The minimum Gasteiger partial charge on any atom is -0.480 e. The molecule has 0 saturated heterocycles. The van der Waals surface area contributed by atoms with Crippen LogP contribution in [0.15, 0.2) is 30.2 Å². The van der Waals surface area contributed by atoms with E-state index in [9.17, 15) is 9.59 Å². The van der Waals surface area contributed by atoms with E-state index in [0.717, 1.165) is 4.88 Å². The Morgan fingerprint density at radius 2 is 2.24 bits per heavy atom. The van der Waals surface area contributed by atoms with Crippen molar-refractivity contribution in [1.82, 2.24) is 9.80 Å². The van der Waals surface area contributed by atoms with Gasteiger partial charge in [0.15, 0.2) is 0 Å². The van der Waals surface area contributed by atoms with E-state index >= 15 is 0 Å². The van der Waals surface area contributed by atoms with Crippen LogP contribution in [0.3, 0.4) is 0 Å². The van der Waals surface area contributed by atoms with E-state index in [1.807, 2.05) is 17.5 Å². The summed E-state index contributed by atoms with van der Waals surface area (Å²) in [4.78, 5) is 27.2. The van der Waals surface area contributed by atoms with Gasteiger partial charge in [0.2, 0.25) is 5.91 Å². The molecule has 0 unspecified atom stereocenters. The molecule has 1 N–H and O–H groups in total. The number of amides is 1. The Morgan fingerprint density at radius 1 is 1.48 bits per heavy atom. The number of hydrogen-bond acceptors (Lipinski definition) is 4. The van der Waals surface area contributed by atoms with Gasteiger partial charge in [0.25, 0.3) is 0 Å². The van der Waals surface area contributed by atoms with Crippen molar-refractivity contribution >= 4 is 23.2 Å². The predicted molar refractivity (Wildman–Crippen MR) is 82.8 cm³/mol. The van der Waals surface area contributed by atoms with Gasteiger partial charge in [-0.3, -0.25) is 14.5 Å². The number of aliphatic carboxylic acids is 1. The molecule has 0 aliphatic rings. The zero-order chi connectivity index (χ0) is 15.7. The fourth-order valence-corrected chi connectivity index (χ4v) is 2.50. The Bertz CT molecular complexity index is 520. The van der Waals surface area contributed by atoms with Crippen molar-refractivity contribution in [2.75, 3.05) is 26.2 Å². The maximum atomic E-state index is 12.3. The van der Waals surface area contributed by atoms with Gasteiger partial charge in [0, 0.05) is 11.4 Å². The molecule has 0 spiro atoms. The van der Waals surface area contributed by atoms with Gasteiger partial charge in [-0.2, -0.15) is 0 Å². The molecule has 1 heterocycles. The van der Waals surface area contributed by atoms with Crippen LogP contribution in [-0.2, 0) is 16.1 Å². The normalized spacial score (nSPS) is 10.1. The highest BCUT2D eigenvalue weighted by Gasteiger charge is 2.18. The monoisotopic (exact) mass is 306 g/mol. The Labute approximate surface area is 128 Å². The number of thiophene rings is 1. The molecule has 1 rings (SSSR count). The number of carbonyl (C=O) groups is 2. The molecule has 0 saturated carbocycles. The van der Waals surface area contributed by atoms with Crippen LogP contribution in [0.1, 0.15) is 4.88 Å². The SMILES string of the molecule is C#CCN(CC(=O)O)CC(=O)N(CC=C)Cc1cccs1. The fraction of sp³-hybridized carbons (Fsp3) is 0.333. The van der Waals surface area contributed by atoms with Crippen molar-refractivity contribution < 1.29 is 14.7 Å². The Balaban J connectivity index is 2.68. The molecule has 112 valence electrons. The number of hydrogen-bond donors (Lipinski definition) is 1. The first kappa shape index (κ1) is 17.0. The summed E-state index contributed by atoms with van der Waals surface area (Å²) < 4.78 is 0. The lowest BCUT2D eigenvalue weighted by Gasteiger charge is -2.24. The number of terminal acetylenes is 1. The van der Waals surface area contributed by atoms with Gasteiger partial charge in [-0.1, -0.05) is 18.1 Å². The van der Waals surface area contributed by atoms with Crippen molar-refractivity contribution in [3.05, 3.63) is 35.0 Å². The molecule has 0 atom stereocenters. The summed E-state index contributed by atoms with van der Waals surface area (Å²) in [5.41, 5.74) is 0. The van der Waals surface area contributed by atoms with Crippen molar-refractivity contribution in [2.24, 2.45) is 0 Å². The van der Waals surface area contributed by atoms with Crippen molar-refractivity contribution in [1.29, 1.82) is 0 Å². The van der Waals surface area contributed by atoms with Crippen LogP contribution >= 0.6 is 11.3 Å². The summed E-state index contributed by atoms with van der Waals surface area (Å²) >= 11 is 1.57. The molecule has 0 aliphatic heterocycles. The average Bonchev–Trinajstić information content (AvgIpc) is 2.90. The van der Waals surface area contributed by atoms with E-state index < -0.39 is 5.97 Å². The van der Waals surface area contributed by atoms with E-state index in [1.54, 1.807) is 22.3 Å². The minimum atomic E-state index is -1.01. The lowest BCUT2D eigenvalue weighted by atomic mass is 10.3. The molecule has 0 fully saturated rings. The molecule has 21 heavy (non-hydrogen) atoms. The molecule has 6 heteroatoms. The standard InChI is InChI=1S/C15H18N2O3S/c1-3-7-16(12-15(19)20)11-14(18)17(8-4-2)10-13-6-5-9-21-13/h1,4-6,9H,2,7-8,10-12H2,(H,19,20). The summed E-state index contributed by atoms with van der Waals surface area (Å²) in [6.07, 6.45) is 6.85. The second-order valence-electron chi connectivity index (χ2n) is 4.39. The average molecular weight is 306 g/mol. The summed E-state index contributed by atoms with van der Waals surface area (Å²) in [5, 5.41) is 10.8. The number of rotatable bonds is 9. The van der Waals surface area contributed by atoms with Gasteiger partial charge in [-0.05, 0) is 11.4 Å². The molecule has 5 nitrogen and oxygen atoms in total. The quantitative estimate of drug-likeness (QED) is 0.551. The van der Waals surface area contributed by atoms with Gasteiger partial charge in [-0.25, -0.2) is 0 Å². The van der Waals surface area contributed by atoms with Crippen molar-refractivity contribution in [2.45, 2.75) is 6.54 Å². The van der Waals surface area contributed by atoms with E-state index in [1.165, 1.54) is 4.90 Å². The molecule has 0 radical (unpaired) electrons. The Kier molecular flexibility index (Phi) is 7.23. The first-order chi connectivity index (χ1) is 10.1. The molecule has 1 aromatic heterocycles. The second kappa shape index (κ2) is 8.95. The Hall–Kier alpha value is -2.10. The third kappa shape index (κ3) is 6.25. The van der Waals surface area contributed by atoms with Crippen molar-refractivity contribution in [3.63, 3.8) is 0 Å². The maximum Gasteiger partial charge on any atom is 0.317 e. The lowest BCUT2D eigenvalue weighted by molar-refractivity contribution is -0.139. The summed E-state index contributed by atoms with van der Waals surface area (Å²) in [6.45, 7) is 4.39. The van der Waals surface area contributed by atoms with Crippen LogP contribution in [0.25, 0.3) is 0 Å². The maximum absolute atomic E-state index is 12.3. The smallest absolute Gasteiger partial charge is 0.317 e. The summed E-state index contributed by atoms with van der Waals surface area (Å²) in [7, 11) is 0. The van der Waals surface area contributed by atoms with Crippen LogP contribution in [0.5, 0.6) is 0 Å². The van der Waals surface area contributed by atoms with E-state index in [2.05, 4.69) is 12.5 Å².